The van der Waals surface area contributed by atoms with Gasteiger partial charge in [0.1, 0.15) is 11.3 Å². The normalized spacial score (nSPS) is 17.8. The Bertz CT molecular complexity index is 286. The number of H-pyrrole nitrogens is 2. The van der Waals surface area contributed by atoms with Gasteiger partial charge in [0, 0.05) is 24.2 Å². The molecule has 0 amide bonds. The second kappa shape index (κ2) is 0.998. The average molecular weight is 121 g/mol. The highest BCUT2D eigenvalue weighted by atomic mass is 15.1. The van der Waals surface area contributed by atoms with Gasteiger partial charge in [0.25, 0.3) is 0 Å². The van der Waals surface area contributed by atoms with Crippen molar-refractivity contribution in [1.82, 2.24) is 15.3 Å². The van der Waals surface area contributed by atoms with Crippen LogP contribution in [0.15, 0.2) is 0 Å². The first kappa shape index (κ1) is 3.95. The number of nitrogens with one attached hydrogen (secondary N) is 3. The zero-order chi connectivity index (χ0) is 5.84. The first-order valence-electron chi connectivity index (χ1n) is 3.16. The standard InChI is InChI=1S/C6H7N3/c1-3-4(2-7-1)6-8-5(3)9-6/h7-9H,1-2H2. The summed E-state index contributed by atoms with van der Waals surface area (Å²) in [7, 11) is 0. The lowest BCUT2D eigenvalue weighted by Crippen LogP contribution is -2.03. The number of hydrogen-bond donors (Lipinski definition) is 3. The molecule has 2 bridgehead atoms. The summed E-state index contributed by atoms with van der Waals surface area (Å²) < 4.78 is 0. The maximum Gasteiger partial charge on any atom is 0.115 e. The van der Waals surface area contributed by atoms with E-state index in [4.69, 9.17) is 0 Å². The molecule has 46 valence electrons. The van der Waals surface area contributed by atoms with E-state index in [1.54, 1.807) is 0 Å². The van der Waals surface area contributed by atoms with Crippen LogP contribution in [-0.4, -0.2) is 9.97 Å². The van der Waals surface area contributed by atoms with Gasteiger partial charge in [-0.3, -0.25) is 0 Å². The number of aromatic nitrogens is 2. The van der Waals surface area contributed by atoms with Gasteiger partial charge in [0.05, 0.1) is 0 Å². The largest absolute Gasteiger partial charge is 0.327 e. The van der Waals surface area contributed by atoms with Crippen molar-refractivity contribution >= 4 is 11.3 Å². The van der Waals surface area contributed by atoms with Gasteiger partial charge < -0.3 is 15.3 Å². The highest BCUT2D eigenvalue weighted by Crippen LogP contribution is 2.27. The molecule has 1 aliphatic heterocycles. The van der Waals surface area contributed by atoms with Crippen LogP contribution in [0.2, 0.25) is 0 Å². The first-order chi connectivity index (χ1) is 4.45. The summed E-state index contributed by atoms with van der Waals surface area (Å²) >= 11 is 0. The van der Waals surface area contributed by atoms with Crippen LogP contribution in [0.25, 0.3) is 11.3 Å². The fourth-order valence-corrected chi connectivity index (χ4v) is 1.56. The van der Waals surface area contributed by atoms with Gasteiger partial charge in [-0.05, 0) is 0 Å². The molecule has 3 nitrogen and oxygen atoms in total. The molecular weight excluding hydrogens is 114 g/mol. The van der Waals surface area contributed by atoms with E-state index in [2.05, 4.69) is 15.3 Å². The van der Waals surface area contributed by atoms with Crippen LogP contribution in [-0.2, 0) is 13.1 Å². The van der Waals surface area contributed by atoms with Crippen LogP contribution >= 0.6 is 0 Å². The molecule has 3 aromatic heterocycles. The average Bonchev–Trinajstić information content (AvgIpc) is 2.11. The first-order valence-corrected chi connectivity index (χ1v) is 3.16. The Balaban J connectivity index is 2.49. The van der Waals surface area contributed by atoms with E-state index in [-0.39, 0.29) is 0 Å². The molecule has 0 spiro atoms. The molecule has 0 aliphatic carbocycles. The van der Waals surface area contributed by atoms with E-state index in [1.807, 2.05) is 0 Å². The van der Waals surface area contributed by atoms with Gasteiger partial charge in [0.2, 0.25) is 0 Å². The lowest BCUT2D eigenvalue weighted by atomic mass is 10.2. The van der Waals surface area contributed by atoms with Crippen LogP contribution in [0, 0.1) is 0 Å². The van der Waals surface area contributed by atoms with Crippen molar-refractivity contribution in [3.63, 3.8) is 0 Å². The number of hydrogen-bond acceptors (Lipinski definition) is 1. The van der Waals surface area contributed by atoms with E-state index >= 15 is 0 Å². The zero-order valence-electron chi connectivity index (χ0n) is 4.91. The molecule has 4 heterocycles. The summed E-state index contributed by atoms with van der Waals surface area (Å²) in [6.07, 6.45) is 0. The Kier molecular flexibility index (Phi) is 0.438. The molecule has 0 saturated carbocycles. The second-order valence-corrected chi connectivity index (χ2v) is 2.56. The Morgan fingerprint density at radius 2 is 1.44 bits per heavy atom. The minimum absolute atomic E-state index is 1.04. The van der Waals surface area contributed by atoms with Gasteiger partial charge in [-0.2, -0.15) is 0 Å². The predicted molar refractivity (Wildman–Crippen MR) is 34.4 cm³/mol. The molecule has 0 unspecified atom stereocenters. The van der Waals surface area contributed by atoms with Crippen LogP contribution in [0.4, 0.5) is 0 Å². The summed E-state index contributed by atoms with van der Waals surface area (Å²) in [4.78, 5) is 6.45. The highest BCUT2D eigenvalue weighted by molar-refractivity contribution is 5.74. The van der Waals surface area contributed by atoms with Crippen molar-refractivity contribution in [1.29, 1.82) is 0 Å². The van der Waals surface area contributed by atoms with Crippen LogP contribution in [0.5, 0.6) is 0 Å². The Morgan fingerprint density at radius 3 is 2.00 bits per heavy atom. The minimum Gasteiger partial charge on any atom is -0.327 e. The number of rotatable bonds is 0. The smallest absolute Gasteiger partial charge is 0.115 e. The lowest BCUT2D eigenvalue weighted by molar-refractivity contribution is 0.760. The predicted octanol–water partition coefficient (Wildman–Crippen LogP) is 0.537. The molecule has 0 aromatic carbocycles. The minimum atomic E-state index is 1.04. The monoisotopic (exact) mass is 121 g/mol. The van der Waals surface area contributed by atoms with Gasteiger partial charge >= 0.3 is 0 Å². The maximum absolute atomic E-state index is 3.29. The molecule has 0 atom stereocenters. The highest BCUT2D eigenvalue weighted by Gasteiger charge is 2.21. The second-order valence-electron chi connectivity index (χ2n) is 2.56. The molecule has 9 heavy (non-hydrogen) atoms. The maximum atomic E-state index is 3.29. The van der Waals surface area contributed by atoms with Gasteiger partial charge in [-0.25, -0.2) is 0 Å². The summed E-state index contributed by atoms with van der Waals surface area (Å²) in [5.74, 6) is 0. The molecular formula is C6H7N3. The zero-order valence-corrected chi connectivity index (χ0v) is 4.91. The van der Waals surface area contributed by atoms with Gasteiger partial charge in [-0.1, -0.05) is 0 Å². The van der Waals surface area contributed by atoms with E-state index < -0.39 is 0 Å². The molecule has 1 aliphatic rings. The van der Waals surface area contributed by atoms with Crippen molar-refractivity contribution in [3.05, 3.63) is 11.1 Å². The molecule has 0 radical (unpaired) electrons. The van der Waals surface area contributed by atoms with E-state index in [9.17, 15) is 0 Å². The van der Waals surface area contributed by atoms with Gasteiger partial charge in [0.15, 0.2) is 0 Å². The third-order valence-electron chi connectivity index (χ3n) is 2.07. The van der Waals surface area contributed by atoms with E-state index in [0.29, 0.717) is 0 Å². The van der Waals surface area contributed by atoms with Crippen LogP contribution in [0.1, 0.15) is 11.1 Å². The van der Waals surface area contributed by atoms with Crippen molar-refractivity contribution in [2.45, 2.75) is 13.1 Å². The van der Waals surface area contributed by atoms with E-state index in [1.165, 1.54) is 22.4 Å². The van der Waals surface area contributed by atoms with Crippen LogP contribution in [0.3, 0.4) is 0 Å². The molecule has 0 fully saturated rings. The third kappa shape index (κ3) is 0.285. The topological polar surface area (TPSA) is 43.6 Å². The fraction of sp³-hybridized carbons (Fsp3) is 0.333. The van der Waals surface area contributed by atoms with Crippen molar-refractivity contribution in [3.8, 4) is 0 Å². The third-order valence-corrected chi connectivity index (χ3v) is 2.07. The molecule has 4 rings (SSSR count). The SMILES string of the molecule is C1NCc2c1c1[nH]c2[nH]1. The summed E-state index contributed by atoms with van der Waals surface area (Å²) in [5, 5.41) is 3.29. The Morgan fingerprint density at radius 1 is 0.889 bits per heavy atom. The summed E-state index contributed by atoms with van der Waals surface area (Å²) in [6.45, 7) is 2.07. The van der Waals surface area contributed by atoms with Crippen molar-refractivity contribution in [2.75, 3.05) is 0 Å². The fourth-order valence-electron chi connectivity index (χ4n) is 1.56. The summed E-state index contributed by atoms with van der Waals surface area (Å²) in [5.41, 5.74) is 5.35. The van der Waals surface area contributed by atoms with Crippen molar-refractivity contribution < 1.29 is 0 Å². The Hall–Kier alpha value is -0.960. The molecule has 3 aromatic rings. The van der Waals surface area contributed by atoms with Gasteiger partial charge in [-0.15, -0.1) is 0 Å². The molecule has 3 N–H and O–H groups in total. The van der Waals surface area contributed by atoms with E-state index in [0.717, 1.165) is 13.1 Å². The molecule has 3 heteroatoms. The molecule has 0 saturated heterocycles. The number of aromatic amines is 2. The summed E-state index contributed by atoms with van der Waals surface area (Å²) in [6, 6.07) is 0. The quantitative estimate of drug-likeness (QED) is 0.468. The lowest BCUT2D eigenvalue weighted by Gasteiger charge is -1.96. The van der Waals surface area contributed by atoms with Crippen LogP contribution < -0.4 is 5.32 Å². The van der Waals surface area contributed by atoms with Crippen molar-refractivity contribution in [2.24, 2.45) is 0 Å². The Labute approximate surface area is 51.8 Å².